The molecule has 27 heavy (non-hydrogen) atoms. The Kier molecular flexibility index (Phi) is 6.26. The van der Waals surface area contributed by atoms with Crippen molar-refractivity contribution in [1.82, 2.24) is 9.97 Å². The summed E-state index contributed by atoms with van der Waals surface area (Å²) in [6.07, 6.45) is 0. The Hall–Kier alpha value is -2.64. The third kappa shape index (κ3) is 4.96. The molecule has 0 amide bonds. The van der Waals surface area contributed by atoms with Crippen molar-refractivity contribution in [3.63, 3.8) is 0 Å². The van der Waals surface area contributed by atoms with E-state index in [4.69, 9.17) is 21.1 Å². The highest BCUT2D eigenvalue weighted by Crippen LogP contribution is 2.20. The zero-order valence-corrected chi connectivity index (χ0v) is 17.0. The monoisotopic (exact) mass is 446 g/mol. The van der Waals surface area contributed by atoms with Gasteiger partial charge < -0.3 is 9.47 Å². The first kappa shape index (κ1) is 19.1. The van der Waals surface area contributed by atoms with Crippen LogP contribution in [0.1, 0.15) is 11.3 Å². The number of halogens is 2. The lowest BCUT2D eigenvalue weighted by Gasteiger charge is -2.10. The smallest absolute Gasteiger partial charge is 0.320 e. The summed E-state index contributed by atoms with van der Waals surface area (Å²) in [5, 5.41) is 5.19. The number of ether oxygens (including phenoxy) is 2. The SMILES string of the molecule is COc1cc(/C(=N/Nc2ccc(Br)cc2)c2ccc(Cl)cc2)nc(OC)n1. The Morgan fingerprint density at radius 3 is 2.33 bits per heavy atom. The summed E-state index contributed by atoms with van der Waals surface area (Å²) in [6.45, 7) is 0. The van der Waals surface area contributed by atoms with Gasteiger partial charge in [0.2, 0.25) is 5.88 Å². The largest absolute Gasteiger partial charge is 0.481 e. The number of rotatable bonds is 6. The average molecular weight is 448 g/mol. The maximum Gasteiger partial charge on any atom is 0.320 e. The van der Waals surface area contributed by atoms with Crippen molar-refractivity contribution in [3.8, 4) is 11.9 Å². The Bertz CT molecular complexity index is 925. The molecule has 138 valence electrons. The van der Waals surface area contributed by atoms with Crippen LogP contribution in [0.15, 0.2) is 64.2 Å². The highest BCUT2D eigenvalue weighted by atomic mass is 79.9. The van der Waals surface area contributed by atoms with Crippen LogP contribution in [0, 0.1) is 0 Å². The molecule has 0 fully saturated rings. The standard InChI is InChI=1S/C19H16BrClN4O2/c1-26-17-11-16(22-19(23-17)27-2)18(12-3-7-14(21)8-4-12)25-24-15-9-5-13(20)6-10-15/h3-11,24H,1-2H3/b25-18+. The van der Waals surface area contributed by atoms with E-state index in [0.717, 1.165) is 15.7 Å². The second-order valence-electron chi connectivity index (χ2n) is 5.37. The molecule has 6 nitrogen and oxygen atoms in total. The Labute approximate surface area is 170 Å². The van der Waals surface area contributed by atoms with Gasteiger partial charge in [0.1, 0.15) is 11.4 Å². The quantitative estimate of drug-likeness (QED) is 0.435. The third-order valence-electron chi connectivity index (χ3n) is 3.58. The van der Waals surface area contributed by atoms with Crippen LogP contribution in [0.4, 0.5) is 5.69 Å². The van der Waals surface area contributed by atoms with Crippen LogP contribution in [0.3, 0.4) is 0 Å². The third-order valence-corrected chi connectivity index (χ3v) is 4.36. The first-order valence-electron chi connectivity index (χ1n) is 7.91. The van der Waals surface area contributed by atoms with E-state index in [1.165, 1.54) is 14.2 Å². The normalized spacial score (nSPS) is 11.2. The molecule has 0 radical (unpaired) electrons. The van der Waals surface area contributed by atoms with E-state index in [2.05, 4.69) is 36.4 Å². The highest BCUT2D eigenvalue weighted by molar-refractivity contribution is 9.10. The van der Waals surface area contributed by atoms with Gasteiger partial charge in [-0.15, -0.1) is 0 Å². The summed E-state index contributed by atoms with van der Waals surface area (Å²) in [5.41, 5.74) is 5.85. The van der Waals surface area contributed by atoms with Gasteiger partial charge in [-0.3, -0.25) is 5.43 Å². The number of aromatic nitrogens is 2. The number of benzene rings is 2. The molecular formula is C19H16BrClN4O2. The summed E-state index contributed by atoms with van der Waals surface area (Å²) in [6, 6.07) is 16.9. The number of anilines is 1. The summed E-state index contributed by atoms with van der Waals surface area (Å²) in [7, 11) is 3.03. The molecule has 1 aromatic heterocycles. The Morgan fingerprint density at radius 2 is 1.70 bits per heavy atom. The molecule has 0 bridgehead atoms. The van der Waals surface area contributed by atoms with Crippen LogP contribution in [-0.2, 0) is 0 Å². The minimum Gasteiger partial charge on any atom is -0.481 e. The van der Waals surface area contributed by atoms with E-state index in [1.807, 2.05) is 36.4 Å². The molecule has 0 aliphatic heterocycles. The van der Waals surface area contributed by atoms with Gasteiger partial charge in [0.25, 0.3) is 0 Å². The van der Waals surface area contributed by atoms with Gasteiger partial charge in [0, 0.05) is 21.1 Å². The maximum absolute atomic E-state index is 6.02. The van der Waals surface area contributed by atoms with Gasteiger partial charge in [0.15, 0.2) is 0 Å². The van der Waals surface area contributed by atoms with Crippen molar-refractivity contribution < 1.29 is 9.47 Å². The van der Waals surface area contributed by atoms with Crippen LogP contribution in [-0.4, -0.2) is 29.9 Å². The fraction of sp³-hybridized carbons (Fsp3) is 0.105. The second kappa shape index (κ2) is 8.83. The molecule has 0 spiro atoms. The number of hydrogen-bond donors (Lipinski definition) is 1. The predicted molar refractivity (Wildman–Crippen MR) is 110 cm³/mol. The number of nitrogens with one attached hydrogen (secondary N) is 1. The maximum atomic E-state index is 6.02. The second-order valence-corrected chi connectivity index (χ2v) is 6.72. The van der Waals surface area contributed by atoms with Crippen LogP contribution < -0.4 is 14.9 Å². The summed E-state index contributed by atoms with van der Waals surface area (Å²) in [4.78, 5) is 8.53. The number of nitrogens with zero attached hydrogens (tertiary/aromatic N) is 3. The molecule has 0 aliphatic carbocycles. The molecule has 0 saturated heterocycles. The zero-order valence-electron chi connectivity index (χ0n) is 14.6. The first-order chi connectivity index (χ1) is 13.1. The molecule has 0 saturated carbocycles. The van der Waals surface area contributed by atoms with E-state index < -0.39 is 0 Å². The van der Waals surface area contributed by atoms with Gasteiger partial charge in [-0.05, 0) is 36.4 Å². The lowest BCUT2D eigenvalue weighted by molar-refractivity contribution is 0.351. The average Bonchev–Trinajstić information content (AvgIpc) is 2.70. The van der Waals surface area contributed by atoms with Gasteiger partial charge in [-0.2, -0.15) is 15.1 Å². The minimum absolute atomic E-state index is 0.189. The molecule has 1 N–H and O–H groups in total. The van der Waals surface area contributed by atoms with E-state index in [0.29, 0.717) is 22.3 Å². The molecule has 3 rings (SSSR count). The number of hydrazone groups is 1. The van der Waals surface area contributed by atoms with Crippen molar-refractivity contribution in [2.75, 3.05) is 19.6 Å². The molecular weight excluding hydrogens is 432 g/mol. The van der Waals surface area contributed by atoms with Crippen molar-refractivity contribution in [1.29, 1.82) is 0 Å². The minimum atomic E-state index is 0.189. The van der Waals surface area contributed by atoms with E-state index in [9.17, 15) is 0 Å². The van der Waals surface area contributed by atoms with Gasteiger partial charge in [0.05, 0.1) is 19.9 Å². The Morgan fingerprint density at radius 1 is 1.00 bits per heavy atom. The summed E-state index contributed by atoms with van der Waals surface area (Å²) >= 11 is 9.44. The van der Waals surface area contributed by atoms with E-state index in [1.54, 1.807) is 18.2 Å². The van der Waals surface area contributed by atoms with Crippen LogP contribution in [0.2, 0.25) is 5.02 Å². The number of hydrogen-bond acceptors (Lipinski definition) is 6. The number of methoxy groups -OCH3 is 2. The zero-order chi connectivity index (χ0) is 19.2. The molecule has 2 aromatic carbocycles. The first-order valence-corrected chi connectivity index (χ1v) is 9.09. The Balaban J connectivity index is 2.05. The molecule has 0 aliphatic rings. The van der Waals surface area contributed by atoms with Crippen molar-refractivity contribution >= 4 is 38.9 Å². The predicted octanol–water partition coefficient (Wildman–Crippen LogP) is 4.77. The van der Waals surface area contributed by atoms with Gasteiger partial charge >= 0.3 is 6.01 Å². The van der Waals surface area contributed by atoms with Crippen LogP contribution >= 0.6 is 27.5 Å². The van der Waals surface area contributed by atoms with Crippen LogP contribution in [0.25, 0.3) is 0 Å². The fourth-order valence-corrected chi connectivity index (χ4v) is 2.63. The van der Waals surface area contributed by atoms with Gasteiger partial charge in [-0.25, -0.2) is 0 Å². The lowest BCUT2D eigenvalue weighted by Crippen LogP contribution is -2.11. The van der Waals surface area contributed by atoms with Crippen molar-refractivity contribution in [3.05, 3.63) is 75.4 Å². The fourth-order valence-electron chi connectivity index (χ4n) is 2.24. The van der Waals surface area contributed by atoms with E-state index >= 15 is 0 Å². The summed E-state index contributed by atoms with van der Waals surface area (Å²) in [5.74, 6) is 0.377. The molecule has 0 atom stereocenters. The van der Waals surface area contributed by atoms with E-state index in [-0.39, 0.29) is 6.01 Å². The lowest BCUT2D eigenvalue weighted by atomic mass is 10.1. The molecule has 3 aromatic rings. The molecule has 1 heterocycles. The molecule has 0 unspecified atom stereocenters. The highest BCUT2D eigenvalue weighted by Gasteiger charge is 2.14. The topological polar surface area (TPSA) is 68.6 Å². The van der Waals surface area contributed by atoms with Crippen molar-refractivity contribution in [2.24, 2.45) is 5.10 Å². The molecule has 8 heteroatoms. The van der Waals surface area contributed by atoms with Crippen LogP contribution in [0.5, 0.6) is 11.9 Å². The summed E-state index contributed by atoms with van der Waals surface area (Å²) < 4.78 is 11.4. The van der Waals surface area contributed by atoms with Gasteiger partial charge in [-0.1, -0.05) is 39.7 Å². The van der Waals surface area contributed by atoms with Crippen molar-refractivity contribution in [2.45, 2.75) is 0 Å².